The first-order valence-electron chi connectivity index (χ1n) is 9.63. The molecule has 0 spiro atoms. The van der Waals surface area contributed by atoms with E-state index in [0.717, 1.165) is 6.42 Å². The summed E-state index contributed by atoms with van der Waals surface area (Å²) in [5, 5.41) is 5.67. The number of hydrogen-bond donors (Lipinski definition) is 2. The Morgan fingerprint density at radius 3 is 2.34 bits per heavy atom. The maximum atomic E-state index is 12.8. The highest BCUT2D eigenvalue weighted by Crippen LogP contribution is 2.32. The number of amides is 2. The van der Waals surface area contributed by atoms with Crippen LogP contribution in [0.3, 0.4) is 0 Å². The Bertz CT molecular complexity index is 864. The third-order valence-electron chi connectivity index (χ3n) is 4.60. The van der Waals surface area contributed by atoms with Crippen LogP contribution in [0.4, 0.5) is 5.69 Å². The van der Waals surface area contributed by atoms with E-state index < -0.39 is 6.04 Å². The minimum atomic E-state index is -0.694. The Hall–Kier alpha value is -3.22. The van der Waals surface area contributed by atoms with Crippen LogP contribution in [-0.4, -0.2) is 38.2 Å². The van der Waals surface area contributed by atoms with Crippen molar-refractivity contribution >= 4 is 17.5 Å². The van der Waals surface area contributed by atoms with Crippen LogP contribution in [0.2, 0.25) is 0 Å². The van der Waals surface area contributed by atoms with E-state index in [1.807, 2.05) is 13.8 Å². The van der Waals surface area contributed by atoms with Gasteiger partial charge in [0.1, 0.15) is 11.8 Å². The first kappa shape index (κ1) is 20.5. The molecule has 0 bridgehead atoms. The summed E-state index contributed by atoms with van der Waals surface area (Å²) in [6.07, 6.45) is 0.809. The Morgan fingerprint density at radius 1 is 1.00 bits per heavy atom. The van der Waals surface area contributed by atoms with Gasteiger partial charge in [0.15, 0.2) is 11.5 Å². The third-order valence-corrected chi connectivity index (χ3v) is 4.60. The van der Waals surface area contributed by atoms with Crippen molar-refractivity contribution in [3.8, 4) is 17.2 Å². The topological polar surface area (TPSA) is 85.9 Å². The molecule has 2 aromatic carbocycles. The monoisotopic (exact) mass is 398 g/mol. The number of ether oxygens (including phenoxy) is 3. The van der Waals surface area contributed by atoms with Gasteiger partial charge < -0.3 is 24.8 Å². The van der Waals surface area contributed by atoms with Crippen LogP contribution in [0.5, 0.6) is 17.2 Å². The van der Waals surface area contributed by atoms with Gasteiger partial charge in [-0.15, -0.1) is 0 Å². The van der Waals surface area contributed by atoms with Crippen molar-refractivity contribution in [2.75, 3.05) is 25.6 Å². The Morgan fingerprint density at radius 2 is 1.69 bits per heavy atom. The normalized spacial score (nSPS) is 13.9. The molecule has 0 saturated carbocycles. The fourth-order valence-corrected chi connectivity index (χ4v) is 2.96. The third kappa shape index (κ3) is 5.19. The van der Waals surface area contributed by atoms with E-state index in [4.69, 9.17) is 14.2 Å². The molecule has 2 amide bonds. The van der Waals surface area contributed by atoms with Crippen molar-refractivity contribution in [1.82, 2.24) is 5.32 Å². The lowest BCUT2D eigenvalue weighted by molar-refractivity contribution is -0.118. The van der Waals surface area contributed by atoms with Gasteiger partial charge in [0, 0.05) is 23.7 Å². The van der Waals surface area contributed by atoms with Gasteiger partial charge in [-0.1, -0.05) is 13.8 Å². The van der Waals surface area contributed by atoms with Crippen molar-refractivity contribution in [1.29, 1.82) is 0 Å². The molecule has 3 rings (SSSR count). The van der Waals surface area contributed by atoms with Gasteiger partial charge in [-0.3, -0.25) is 9.59 Å². The number of hydrogen-bond acceptors (Lipinski definition) is 5. The van der Waals surface area contributed by atoms with Crippen LogP contribution in [0.15, 0.2) is 42.5 Å². The molecule has 7 heteroatoms. The maximum absolute atomic E-state index is 12.8. The predicted octanol–water partition coefficient (Wildman–Crippen LogP) is 3.25. The number of nitrogens with one attached hydrogen (secondary N) is 2. The van der Waals surface area contributed by atoms with E-state index in [0.29, 0.717) is 41.7 Å². The molecule has 0 unspecified atom stereocenters. The summed E-state index contributed by atoms with van der Waals surface area (Å²) in [5.41, 5.74) is 1.04. The molecule has 0 radical (unpaired) electrons. The number of rotatable bonds is 6. The van der Waals surface area contributed by atoms with Gasteiger partial charge in [0.05, 0.1) is 20.3 Å². The minimum Gasteiger partial charge on any atom is -0.497 e. The van der Waals surface area contributed by atoms with E-state index in [-0.39, 0.29) is 17.7 Å². The van der Waals surface area contributed by atoms with Crippen molar-refractivity contribution < 1.29 is 23.8 Å². The second-order valence-electron chi connectivity index (χ2n) is 7.12. The number of carbonyl (C=O) groups is 2. The lowest BCUT2D eigenvalue weighted by atomic mass is 10.0. The van der Waals surface area contributed by atoms with Crippen LogP contribution in [0.25, 0.3) is 0 Å². The summed E-state index contributed by atoms with van der Waals surface area (Å²) < 4.78 is 16.4. The van der Waals surface area contributed by atoms with Gasteiger partial charge in [-0.25, -0.2) is 0 Å². The molecule has 0 fully saturated rings. The Kier molecular flexibility index (Phi) is 6.59. The maximum Gasteiger partial charge on any atom is 0.251 e. The zero-order valence-corrected chi connectivity index (χ0v) is 16.9. The lowest BCUT2D eigenvalue weighted by Gasteiger charge is -2.22. The molecule has 0 saturated heterocycles. The summed E-state index contributed by atoms with van der Waals surface area (Å²) >= 11 is 0. The van der Waals surface area contributed by atoms with E-state index in [1.165, 1.54) is 0 Å². The molecular weight excluding hydrogens is 372 g/mol. The van der Waals surface area contributed by atoms with Crippen molar-refractivity contribution in [2.45, 2.75) is 26.3 Å². The fraction of sp³-hybridized carbons (Fsp3) is 0.364. The van der Waals surface area contributed by atoms with E-state index in [2.05, 4.69) is 10.6 Å². The molecule has 2 aromatic rings. The standard InChI is InChI=1S/C22H26N2O5/c1-14(2)20(24-21(25)15-5-8-17(27-3)9-6-15)22(26)23-16-7-10-18-19(13-16)29-12-4-11-28-18/h5-10,13-14,20H,4,11-12H2,1-3H3,(H,23,26)(H,24,25)/t20-/m0/s1. The van der Waals surface area contributed by atoms with Crippen molar-refractivity contribution in [3.05, 3.63) is 48.0 Å². The number of benzene rings is 2. The molecule has 1 aliphatic rings. The molecule has 0 aliphatic carbocycles. The van der Waals surface area contributed by atoms with Crippen LogP contribution in [0.1, 0.15) is 30.6 Å². The van der Waals surface area contributed by atoms with Crippen LogP contribution in [-0.2, 0) is 4.79 Å². The molecule has 0 aromatic heterocycles. The Balaban J connectivity index is 1.69. The van der Waals surface area contributed by atoms with Crippen molar-refractivity contribution in [2.24, 2.45) is 5.92 Å². The van der Waals surface area contributed by atoms with E-state index in [1.54, 1.807) is 49.6 Å². The molecular formula is C22H26N2O5. The van der Waals surface area contributed by atoms with Crippen molar-refractivity contribution in [3.63, 3.8) is 0 Å². The van der Waals surface area contributed by atoms with Crippen LogP contribution >= 0.6 is 0 Å². The predicted molar refractivity (Wildman–Crippen MR) is 110 cm³/mol. The first-order chi connectivity index (χ1) is 14.0. The minimum absolute atomic E-state index is 0.0994. The second-order valence-corrected chi connectivity index (χ2v) is 7.12. The van der Waals surface area contributed by atoms with Gasteiger partial charge in [0.25, 0.3) is 5.91 Å². The summed E-state index contributed by atoms with van der Waals surface area (Å²) in [5.74, 6) is 1.21. The molecule has 1 aliphatic heterocycles. The van der Waals surface area contributed by atoms with Gasteiger partial charge in [-0.2, -0.15) is 0 Å². The highest BCUT2D eigenvalue weighted by Gasteiger charge is 2.25. The van der Waals surface area contributed by atoms with E-state index in [9.17, 15) is 9.59 Å². The quantitative estimate of drug-likeness (QED) is 0.780. The average molecular weight is 398 g/mol. The van der Waals surface area contributed by atoms with Crippen LogP contribution in [0, 0.1) is 5.92 Å². The Labute approximate surface area is 170 Å². The molecule has 1 atom stereocenters. The van der Waals surface area contributed by atoms with Crippen LogP contribution < -0.4 is 24.8 Å². The molecule has 2 N–H and O–H groups in total. The molecule has 7 nitrogen and oxygen atoms in total. The zero-order chi connectivity index (χ0) is 20.8. The summed E-state index contributed by atoms with van der Waals surface area (Å²) in [6.45, 7) is 4.93. The highest BCUT2D eigenvalue weighted by atomic mass is 16.5. The fourth-order valence-electron chi connectivity index (χ4n) is 2.96. The molecule has 29 heavy (non-hydrogen) atoms. The average Bonchev–Trinajstić information content (AvgIpc) is 2.96. The summed E-state index contributed by atoms with van der Waals surface area (Å²) in [4.78, 5) is 25.4. The number of carbonyl (C=O) groups excluding carboxylic acids is 2. The molecule has 154 valence electrons. The van der Waals surface area contributed by atoms with E-state index >= 15 is 0 Å². The molecule has 1 heterocycles. The SMILES string of the molecule is COc1ccc(C(=O)N[C@H](C(=O)Nc2ccc3c(c2)OCCCO3)C(C)C)cc1. The smallest absolute Gasteiger partial charge is 0.251 e. The van der Waals surface area contributed by atoms with Gasteiger partial charge in [0.2, 0.25) is 5.91 Å². The summed E-state index contributed by atoms with van der Waals surface area (Å²) in [7, 11) is 1.56. The summed E-state index contributed by atoms with van der Waals surface area (Å²) in [6, 6.07) is 11.3. The number of fused-ring (bicyclic) bond motifs is 1. The largest absolute Gasteiger partial charge is 0.497 e. The van der Waals surface area contributed by atoms with Gasteiger partial charge >= 0.3 is 0 Å². The second kappa shape index (κ2) is 9.32. The zero-order valence-electron chi connectivity index (χ0n) is 16.9. The van der Waals surface area contributed by atoms with Gasteiger partial charge in [-0.05, 0) is 42.3 Å². The number of methoxy groups -OCH3 is 1. The number of anilines is 1. The highest BCUT2D eigenvalue weighted by molar-refractivity contribution is 6.01. The first-order valence-corrected chi connectivity index (χ1v) is 9.63. The lowest BCUT2D eigenvalue weighted by Crippen LogP contribution is -2.47.